The van der Waals surface area contributed by atoms with Crippen LogP contribution in [0.2, 0.25) is 0 Å². The minimum absolute atomic E-state index is 0.0144. The molecule has 0 spiro atoms. The van der Waals surface area contributed by atoms with Crippen LogP contribution >= 0.6 is 0 Å². The van der Waals surface area contributed by atoms with Crippen LogP contribution in [0.5, 0.6) is 5.75 Å². The number of rotatable bonds is 14. The molecule has 3 rings (SSSR count). The first-order chi connectivity index (χ1) is 18.7. The summed E-state index contributed by atoms with van der Waals surface area (Å²) in [5.41, 5.74) is 2.64. The standard InChI is InChI=1S/C34H47NO4/c1-6-7-8-9-10-11-12-13-14-15-24-35-30(25-16-20-27(21-17-25)34(2,3)4)29(32(37)33(35)38)31(36)26-18-22-28(39-5)23-19-26/h16-23,30,36H,6-15,24H2,1-5H3/t30-/m1/s1. The van der Waals surface area contributed by atoms with Crippen LogP contribution in [-0.2, 0) is 15.0 Å². The number of benzene rings is 2. The van der Waals surface area contributed by atoms with E-state index in [4.69, 9.17) is 4.74 Å². The number of likely N-dealkylation sites (tertiary alicyclic amines) is 1. The molecule has 1 atom stereocenters. The average Bonchev–Trinajstić information content (AvgIpc) is 3.18. The summed E-state index contributed by atoms with van der Waals surface area (Å²) in [6.45, 7) is 9.20. The van der Waals surface area contributed by atoms with Gasteiger partial charge in [0.25, 0.3) is 11.7 Å². The smallest absolute Gasteiger partial charge is 0.295 e. The predicted molar refractivity (Wildman–Crippen MR) is 159 cm³/mol. The first-order valence-corrected chi connectivity index (χ1v) is 14.7. The van der Waals surface area contributed by atoms with Gasteiger partial charge in [-0.2, -0.15) is 0 Å². The van der Waals surface area contributed by atoms with E-state index in [0.717, 1.165) is 24.8 Å². The number of Topliss-reactive ketones (excluding diaryl/α,β-unsaturated/α-hetero) is 1. The van der Waals surface area contributed by atoms with E-state index in [1.807, 2.05) is 12.1 Å². The van der Waals surface area contributed by atoms with Crippen molar-refractivity contribution in [2.24, 2.45) is 0 Å². The lowest BCUT2D eigenvalue weighted by molar-refractivity contribution is -0.139. The topological polar surface area (TPSA) is 66.8 Å². The van der Waals surface area contributed by atoms with Gasteiger partial charge in [-0.3, -0.25) is 9.59 Å². The minimum atomic E-state index is -0.625. The number of hydrogen-bond acceptors (Lipinski definition) is 4. The van der Waals surface area contributed by atoms with E-state index in [9.17, 15) is 14.7 Å². The highest BCUT2D eigenvalue weighted by Gasteiger charge is 2.45. The summed E-state index contributed by atoms with van der Waals surface area (Å²) in [7, 11) is 1.58. The molecule has 1 fully saturated rings. The number of amides is 1. The molecule has 5 heteroatoms. The fourth-order valence-electron chi connectivity index (χ4n) is 5.30. The van der Waals surface area contributed by atoms with E-state index in [1.54, 1.807) is 36.3 Å². The Morgan fingerprint density at radius 2 is 1.36 bits per heavy atom. The third-order valence-corrected chi connectivity index (χ3v) is 7.75. The van der Waals surface area contributed by atoms with Crippen LogP contribution < -0.4 is 4.74 Å². The molecule has 0 bridgehead atoms. The van der Waals surface area contributed by atoms with Gasteiger partial charge in [0, 0.05) is 12.1 Å². The maximum Gasteiger partial charge on any atom is 0.295 e. The molecule has 0 saturated carbocycles. The summed E-state index contributed by atoms with van der Waals surface area (Å²) < 4.78 is 5.23. The van der Waals surface area contributed by atoms with Gasteiger partial charge in [-0.25, -0.2) is 0 Å². The molecule has 2 aromatic rings. The van der Waals surface area contributed by atoms with Crippen molar-refractivity contribution >= 4 is 17.4 Å². The van der Waals surface area contributed by atoms with Gasteiger partial charge in [-0.05, 0) is 47.2 Å². The molecule has 1 heterocycles. The first kappa shape index (κ1) is 30.5. The quantitative estimate of drug-likeness (QED) is 0.115. The molecule has 1 saturated heterocycles. The number of ketones is 1. The monoisotopic (exact) mass is 533 g/mol. The zero-order valence-corrected chi connectivity index (χ0v) is 24.6. The third-order valence-electron chi connectivity index (χ3n) is 7.75. The molecule has 1 aliphatic rings. The van der Waals surface area contributed by atoms with Crippen molar-refractivity contribution in [3.8, 4) is 5.75 Å². The zero-order valence-electron chi connectivity index (χ0n) is 24.6. The highest BCUT2D eigenvalue weighted by Crippen LogP contribution is 2.40. The Morgan fingerprint density at radius 3 is 1.87 bits per heavy atom. The Labute approximate surface area is 235 Å². The summed E-state index contributed by atoms with van der Waals surface area (Å²) >= 11 is 0. The van der Waals surface area contributed by atoms with Gasteiger partial charge in [0.05, 0.1) is 18.7 Å². The lowest BCUT2D eigenvalue weighted by atomic mass is 9.85. The number of nitrogens with zero attached hydrogens (tertiary/aromatic N) is 1. The molecule has 1 amide bonds. The van der Waals surface area contributed by atoms with Gasteiger partial charge in [0.15, 0.2) is 0 Å². The summed E-state index contributed by atoms with van der Waals surface area (Å²) in [6.07, 6.45) is 12.0. The summed E-state index contributed by atoms with van der Waals surface area (Å²) in [5, 5.41) is 11.3. The van der Waals surface area contributed by atoms with E-state index in [1.165, 1.54) is 50.5 Å². The van der Waals surface area contributed by atoms with E-state index in [0.29, 0.717) is 17.9 Å². The molecule has 212 valence electrons. The van der Waals surface area contributed by atoms with Crippen LogP contribution in [0.1, 0.15) is 115 Å². The Kier molecular flexibility index (Phi) is 11.2. The number of methoxy groups -OCH3 is 1. The largest absolute Gasteiger partial charge is 0.507 e. The van der Waals surface area contributed by atoms with Gasteiger partial charge >= 0.3 is 0 Å². The molecule has 2 aromatic carbocycles. The summed E-state index contributed by atoms with van der Waals surface area (Å²) in [5.74, 6) is -0.653. The fraction of sp³-hybridized carbons (Fsp3) is 0.529. The average molecular weight is 534 g/mol. The van der Waals surface area contributed by atoms with Crippen molar-refractivity contribution in [1.82, 2.24) is 4.90 Å². The van der Waals surface area contributed by atoms with Crippen molar-refractivity contribution in [3.63, 3.8) is 0 Å². The van der Waals surface area contributed by atoms with E-state index < -0.39 is 17.7 Å². The number of hydrogen-bond donors (Lipinski definition) is 1. The van der Waals surface area contributed by atoms with Gasteiger partial charge in [0.2, 0.25) is 0 Å². The molecule has 5 nitrogen and oxygen atoms in total. The molecular formula is C34H47NO4. The van der Waals surface area contributed by atoms with Crippen molar-refractivity contribution in [2.75, 3.05) is 13.7 Å². The second-order valence-electron chi connectivity index (χ2n) is 11.8. The second kappa shape index (κ2) is 14.3. The number of aliphatic hydroxyl groups is 1. The molecule has 1 aliphatic heterocycles. The molecule has 39 heavy (non-hydrogen) atoms. The molecule has 0 aliphatic carbocycles. The number of unbranched alkanes of at least 4 members (excludes halogenated alkanes) is 9. The Bertz CT molecular complexity index is 1110. The maximum atomic E-state index is 13.3. The van der Waals surface area contributed by atoms with Crippen molar-refractivity contribution in [3.05, 3.63) is 70.8 Å². The van der Waals surface area contributed by atoms with Crippen LogP contribution in [0.25, 0.3) is 5.76 Å². The van der Waals surface area contributed by atoms with Crippen LogP contribution in [0.15, 0.2) is 54.1 Å². The number of carbonyl (C=O) groups is 2. The SMILES string of the molecule is CCCCCCCCCCCCN1C(=O)C(=O)C(=C(O)c2ccc(OC)cc2)[C@H]1c1ccc(C(C)(C)C)cc1. The maximum absolute atomic E-state index is 13.3. The first-order valence-electron chi connectivity index (χ1n) is 14.7. The van der Waals surface area contributed by atoms with E-state index in [2.05, 4.69) is 39.8 Å². The van der Waals surface area contributed by atoms with E-state index in [-0.39, 0.29) is 16.7 Å². The second-order valence-corrected chi connectivity index (χ2v) is 11.8. The molecular weight excluding hydrogens is 486 g/mol. The Hall–Kier alpha value is -3.08. The Morgan fingerprint density at radius 1 is 0.821 bits per heavy atom. The number of carbonyl (C=O) groups excluding carboxylic acids is 2. The van der Waals surface area contributed by atoms with Crippen molar-refractivity contribution in [2.45, 2.75) is 103 Å². The van der Waals surface area contributed by atoms with Gasteiger partial charge < -0.3 is 14.7 Å². The highest BCUT2D eigenvalue weighted by atomic mass is 16.5. The van der Waals surface area contributed by atoms with E-state index >= 15 is 0 Å². The lowest BCUT2D eigenvalue weighted by Gasteiger charge is -2.26. The fourth-order valence-corrected chi connectivity index (χ4v) is 5.30. The molecule has 0 unspecified atom stereocenters. The lowest BCUT2D eigenvalue weighted by Crippen LogP contribution is -2.30. The molecule has 0 radical (unpaired) electrons. The van der Waals surface area contributed by atoms with Crippen molar-refractivity contribution < 1.29 is 19.4 Å². The summed E-state index contributed by atoms with van der Waals surface area (Å²) in [6, 6.07) is 14.4. The minimum Gasteiger partial charge on any atom is -0.507 e. The molecule has 0 aromatic heterocycles. The van der Waals surface area contributed by atoms with Crippen LogP contribution in [0.3, 0.4) is 0 Å². The number of ether oxygens (including phenoxy) is 1. The van der Waals surface area contributed by atoms with Crippen LogP contribution in [-0.4, -0.2) is 35.4 Å². The van der Waals surface area contributed by atoms with Crippen LogP contribution in [0.4, 0.5) is 0 Å². The zero-order chi connectivity index (χ0) is 28.4. The van der Waals surface area contributed by atoms with Gasteiger partial charge in [-0.15, -0.1) is 0 Å². The molecule has 1 N–H and O–H groups in total. The normalized spacial score (nSPS) is 17.2. The van der Waals surface area contributed by atoms with Crippen molar-refractivity contribution in [1.29, 1.82) is 0 Å². The van der Waals surface area contributed by atoms with Gasteiger partial charge in [-0.1, -0.05) is 110 Å². The Balaban J connectivity index is 1.79. The van der Waals surface area contributed by atoms with Gasteiger partial charge in [0.1, 0.15) is 11.5 Å². The van der Waals surface area contributed by atoms with Crippen LogP contribution in [0, 0.1) is 0 Å². The number of aliphatic hydroxyl groups excluding tert-OH is 1. The summed E-state index contributed by atoms with van der Waals surface area (Å²) in [4.78, 5) is 28.2. The third kappa shape index (κ3) is 7.97. The highest BCUT2D eigenvalue weighted by molar-refractivity contribution is 6.46. The predicted octanol–water partition coefficient (Wildman–Crippen LogP) is 8.34.